The average Bonchev–Trinajstić information content (AvgIpc) is 2.76. The van der Waals surface area contributed by atoms with Crippen molar-refractivity contribution >= 4 is 0 Å². The Labute approximate surface area is 106 Å². The molecule has 0 bridgehead atoms. The van der Waals surface area contributed by atoms with Gasteiger partial charge in [-0.25, -0.2) is 4.98 Å². The zero-order valence-corrected chi connectivity index (χ0v) is 10.2. The van der Waals surface area contributed by atoms with Crippen LogP contribution in [-0.2, 0) is 13.0 Å². The van der Waals surface area contributed by atoms with Crippen molar-refractivity contribution in [3.05, 3.63) is 47.5 Å². The number of phenolic OH excluding ortho intramolecular Hbond substituents is 1. The number of imidazole rings is 1. The highest BCUT2D eigenvalue weighted by atomic mass is 16.3. The molecule has 0 aliphatic carbocycles. The highest BCUT2D eigenvalue weighted by Crippen LogP contribution is 2.24. The number of aromatic hydroxyl groups is 1. The lowest BCUT2D eigenvalue weighted by Crippen LogP contribution is -2.21. The number of fused-ring (bicyclic) bond motifs is 1. The molecule has 0 saturated heterocycles. The van der Waals surface area contributed by atoms with Crippen LogP contribution in [0.2, 0.25) is 0 Å². The second-order valence-corrected chi connectivity index (χ2v) is 4.84. The fourth-order valence-electron chi connectivity index (χ4n) is 2.51. The van der Waals surface area contributed by atoms with Gasteiger partial charge in [0.15, 0.2) is 0 Å². The van der Waals surface area contributed by atoms with Gasteiger partial charge in [0.2, 0.25) is 0 Å². The van der Waals surface area contributed by atoms with Crippen molar-refractivity contribution < 1.29 is 5.11 Å². The standard InChI is InChI=1S/C14H17N3O/c15-12-5-3-7-17-9-11(16-14(12)17)8-10-4-1-2-6-13(10)18/h1-2,4,6,9,12,18H,3,5,7-8,15H2. The van der Waals surface area contributed by atoms with Crippen LogP contribution in [0.3, 0.4) is 0 Å². The summed E-state index contributed by atoms with van der Waals surface area (Å²) >= 11 is 0. The molecule has 94 valence electrons. The second kappa shape index (κ2) is 4.46. The van der Waals surface area contributed by atoms with Gasteiger partial charge in [-0.3, -0.25) is 0 Å². The zero-order valence-electron chi connectivity index (χ0n) is 10.2. The van der Waals surface area contributed by atoms with E-state index >= 15 is 0 Å². The smallest absolute Gasteiger partial charge is 0.125 e. The number of benzene rings is 1. The Morgan fingerprint density at radius 3 is 3.00 bits per heavy atom. The summed E-state index contributed by atoms with van der Waals surface area (Å²) in [4.78, 5) is 4.60. The van der Waals surface area contributed by atoms with Gasteiger partial charge in [-0.15, -0.1) is 0 Å². The van der Waals surface area contributed by atoms with Crippen molar-refractivity contribution in [1.29, 1.82) is 0 Å². The van der Waals surface area contributed by atoms with Gasteiger partial charge in [0, 0.05) is 19.2 Å². The first-order valence-corrected chi connectivity index (χ1v) is 6.32. The molecule has 1 atom stereocenters. The molecule has 18 heavy (non-hydrogen) atoms. The number of aromatic nitrogens is 2. The summed E-state index contributed by atoms with van der Waals surface area (Å²) in [6.45, 7) is 0.997. The van der Waals surface area contributed by atoms with E-state index in [1.807, 2.05) is 18.2 Å². The monoisotopic (exact) mass is 243 g/mol. The van der Waals surface area contributed by atoms with Gasteiger partial charge in [0.1, 0.15) is 11.6 Å². The molecule has 0 fully saturated rings. The van der Waals surface area contributed by atoms with Crippen LogP contribution >= 0.6 is 0 Å². The molecule has 4 nitrogen and oxygen atoms in total. The third-order valence-electron chi connectivity index (χ3n) is 3.47. The van der Waals surface area contributed by atoms with E-state index in [4.69, 9.17) is 5.73 Å². The van der Waals surface area contributed by atoms with E-state index in [9.17, 15) is 5.11 Å². The van der Waals surface area contributed by atoms with Crippen LogP contribution < -0.4 is 5.73 Å². The number of nitrogens with two attached hydrogens (primary N) is 1. The highest BCUT2D eigenvalue weighted by molar-refractivity contribution is 5.34. The van der Waals surface area contributed by atoms with Crippen molar-refractivity contribution in [2.45, 2.75) is 31.8 Å². The molecule has 2 heterocycles. The van der Waals surface area contributed by atoms with Crippen LogP contribution in [0, 0.1) is 0 Å². The number of hydrogen-bond acceptors (Lipinski definition) is 3. The molecule has 1 aromatic heterocycles. The van der Waals surface area contributed by atoms with E-state index < -0.39 is 0 Å². The Bertz CT molecular complexity index is 562. The van der Waals surface area contributed by atoms with Crippen molar-refractivity contribution in [2.75, 3.05) is 0 Å². The minimum absolute atomic E-state index is 0.0527. The Balaban J connectivity index is 1.88. The quantitative estimate of drug-likeness (QED) is 0.847. The van der Waals surface area contributed by atoms with Crippen molar-refractivity contribution in [3.63, 3.8) is 0 Å². The van der Waals surface area contributed by atoms with Gasteiger partial charge in [-0.05, 0) is 24.5 Å². The molecule has 3 N–H and O–H groups in total. The molecule has 0 spiro atoms. The summed E-state index contributed by atoms with van der Waals surface area (Å²) < 4.78 is 2.14. The molecular formula is C14H17N3O. The third-order valence-corrected chi connectivity index (χ3v) is 3.47. The Kier molecular flexibility index (Phi) is 2.80. The summed E-state index contributed by atoms with van der Waals surface area (Å²) in [6.07, 6.45) is 4.83. The summed E-state index contributed by atoms with van der Waals surface area (Å²) in [5.41, 5.74) is 7.93. The highest BCUT2D eigenvalue weighted by Gasteiger charge is 2.19. The number of hydrogen-bond donors (Lipinski definition) is 2. The fraction of sp³-hybridized carbons (Fsp3) is 0.357. The Hall–Kier alpha value is -1.81. The summed E-state index contributed by atoms with van der Waals surface area (Å²) in [5.74, 6) is 1.31. The second-order valence-electron chi connectivity index (χ2n) is 4.84. The third kappa shape index (κ3) is 1.99. The minimum atomic E-state index is 0.0527. The van der Waals surface area contributed by atoms with E-state index in [1.54, 1.807) is 6.07 Å². The largest absolute Gasteiger partial charge is 0.508 e. The number of aryl methyl sites for hydroxylation is 1. The minimum Gasteiger partial charge on any atom is -0.508 e. The lowest BCUT2D eigenvalue weighted by molar-refractivity contribution is 0.451. The molecule has 4 heteroatoms. The summed E-state index contributed by atoms with van der Waals surface area (Å²) in [6, 6.07) is 7.44. The molecule has 0 saturated carbocycles. The zero-order chi connectivity index (χ0) is 12.5. The van der Waals surface area contributed by atoms with E-state index in [1.165, 1.54) is 0 Å². The maximum absolute atomic E-state index is 9.77. The number of rotatable bonds is 2. The molecular weight excluding hydrogens is 226 g/mol. The summed E-state index contributed by atoms with van der Waals surface area (Å²) in [5, 5.41) is 9.77. The molecule has 1 aromatic carbocycles. The number of nitrogens with zero attached hydrogens (tertiary/aromatic N) is 2. The van der Waals surface area contributed by atoms with Crippen LogP contribution in [-0.4, -0.2) is 14.7 Å². The SMILES string of the molecule is NC1CCCn2cc(Cc3ccccc3O)nc21. The van der Waals surface area contributed by atoms with Crippen LogP contribution in [0.1, 0.15) is 36.0 Å². The van der Waals surface area contributed by atoms with E-state index in [2.05, 4.69) is 15.7 Å². The number of para-hydroxylation sites is 1. The van der Waals surface area contributed by atoms with E-state index in [0.29, 0.717) is 12.2 Å². The Morgan fingerprint density at radius 2 is 2.22 bits per heavy atom. The van der Waals surface area contributed by atoms with Gasteiger partial charge >= 0.3 is 0 Å². The normalized spacial score (nSPS) is 18.6. The lowest BCUT2D eigenvalue weighted by Gasteiger charge is -2.19. The van der Waals surface area contributed by atoms with Crippen LogP contribution in [0.15, 0.2) is 30.5 Å². The van der Waals surface area contributed by atoms with E-state index in [-0.39, 0.29) is 6.04 Å². The molecule has 3 rings (SSSR count). The maximum atomic E-state index is 9.77. The first kappa shape index (κ1) is 11.3. The van der Waals surface area contributed by atoms with Gasteiger partial charge in [0.05, 0.1) is 11.7 Å². The van der Waals surface area contributed by atoms with Gasteiger partial charge in [0.25, 0.3) is 0 Å². The van der Waals surface area contributed by atoms with Gasteiger partial charge in [-0.1, -0.05) is 18.2 Å². The lowest BCUT2D eigenvalue weighted by atomic mass is 10.1. The van der Waals surface area contributed by atoms with Crippen molar-refractivity contribution in [2.24, 2.45) is 5.73 Å². The molecule has 1 unspecified atom stereocenters. The maximum Gasteiger partial charge on any atom is 0.125 e. The molecule has 1 aliphatic rings. The topological polar surface area (TPSA) is 64.1 Å². The molecule has 1 aliphatic heterocycles. The van der Waals surface area contributed by atoms with E-state index in [0.717, 1.165) is 36.5 Å². The number of phenols is 1. The van der Waals surface area contributed by atoms with Crippen LogP contribution in [0.25, 0.3) is 0 Å². The predicted molar refractivity (Wildman–Crippen MR) is 69.3 cm³/mol. The van der Waals surface area contributed by atoms with Crippen molar-refractivity contribution in [1.82, 2.24) is 9.55 Å². The van der Waals surface area contributed by atoms with Crippen molar-refractivity contribution in [3.8, 4) is 5.75 Å². The summed E-state index contributed by atoms with van der Waals surface area (Å²) in [7, 11) is 0. The van der Waals surface area contributed by atoms with Gasteiger partial charge < -0.3 is 15.4 Å². The first-order chi connectivity index (χ1) is 8.74. The molecule has 2 aromatic rings. The van der Waals surface area contributed by atoms with Gasteiger partial charge in [-0.2, -0.15) is 0 Å². The fourth-order valence-corrected chi connectivity index (χ4v) is 2.51. The molecule has 0 radical (unpaired) electrons. The predicted octanol–water partition coefficient (Wildman–Crippen LogP) is 1.97. The van der Waals surface area contributed by atoms with Crippen LogP contribution in [0.5, 0.6) is 5.75 Å². The first-order valence-electron chi connectivity index (χ1n) is 6.32. The average molecular weight is 243 g/mol. The van der Waals surface area contributed by atoms with Crippen LogP contribution in [0.4, 0.5) is 0 Å². The molecule has 0 amide bonds. The Morgan fingerprint density at radius 1 is 1.39 bits per heavy atom.